The molecule has 1 aliphatic rings. The first-order valence-electron chi connectivity index (χ1n) is 4.79. The van der Waals surface area contributed by atoms with Gasteiger partial charge in [0.2, 0.25) is 0 Å². The summed E-state index contributed by atoms with van der Waals surface area (Å²) in [5.41, 5.74) is 0. The second-order valence-electron chi connectivity index (χ2n) is 3.35. The zero-order chi connectivity index (χ0) is 11.0. The molecule has 0 aromatic rings. The van der Waals surface area contributed by atoms with Crippen LogP contribution in [0.25, 0.3) is 0 Å². The van der Waals surface area contributed by atoms with E-state index in [0.29, 0.717) is 0 Å². The smallest absolute Gasteiger partial charge is 0.327 e. The predicted molar refractivity (Wildman–Crippen MR) is 52.6 cm³/mol. The van der Waals surface area contributed by atoms with E-state index in [9.17, 15) is 4.79 Å². The first-order chi connectivity index (χ1) is 6.57. The Morgan fingerprint density at radius 2 is 1.71 bits per heavy atom. The van der Waals surface area contributed by atoms with E-state index in [-0.39, 0.29) is 5.92 Å². The third-order valence-electron chi connectivity index (χ3n) is 2.25. The van der Waals surface area contributed by atoms with E-state index in [2.05, 4.69) is 6.58 Å². The molecule has 82 valence electrons. The van der Waals surface area contributed by atoms with Gasteiger partial charge in [-0.15, -0.1) is 0 Å². The van der Waals surface area contributed by atoms with Gasteiger partial charge in [0, 0.05) is 12.0 Å². The Kier molecular flexibility index (Phi) is 7.06. The van der Waals surface area contributed by atoms with Crippen molar-refractivity contribution in [1.29, 1.82) is 0 Å². The zero-order valence-electron chi connectivity index (χ0n) is 8.22. The summed E-state index contributed by atoms with van der Waals surface area (Å²) >= 11 is 0. The fourth-order valence-corrected chi connectivity index (χ4v) is 1.43. The van der Waals surface area contributed by atoms with Gasteiger partial charge >= 0.3 is 5.97 Å². The molecule has 1 saturated carbocycles. The molecular formula is C10H18O4. The molecule has 1 fully saturated rings. The molecule has 0 unspecified atom stereocenters. The summed E-state index contributed by atoms with van der Waals surface area (Å²) in [6, 6.07) is 0. The molecule has 0 atom stereocenters. The highest BCUT2D eigenvalue weighted by Gasteiger charge is 2.18. The molecule has 14 heavy (non-hydrogen) atoms. The van der Waals surface area contributed by atoms with Crippen molar-refractivity contribution in [3.8, 4) is 0 Å². The molecule has 4 nitrogen and oxygen atoms in total. The number of hydrogen-bond acceptors (Lipinski definition) is 3. The van der Waals surface area contributed by atoms with Crippen LogP contribution in [0.1, 0.15) is 32.1 Å². The normalized spacial score (nSPS) is 17.1. The zero-order valence-corrected chi connectivity index (χ0v) is 8.22. The quantitative estimate of drug-likeness (QED) is 0.463. The van der Waals surface area contributed by atoms with Crippen LogP contribution in [0.4, 0.5) is 0 Å². The van der Waals surface area contributed by atoms with E-state index < -0.39 is 12.3 Å². The molecule has 0 spiro atoms. The summed E-state index contributed by atoms with van der Waals surface area (Å²) in [6.07, 6.45) is 5.37. The largest absolute Gasteiger partial charge is 0.478 e. The van der Waals surface area contributed by atoms with Crippen molar-refractivity contribution in [2.75, 3.05) is 0 Å². The molecule has 4 heteroatoms. The van der Waals surface area contributed by atoms with Crippen molar-refractivity contribution in [2.24, 2.45) is 5.92 Å². The number of aliphatic carboxylic acids is 1. The van der Waals surface area contributed by atoms with Crippen molar-refractivity contribution < 1.29 is 20.1 Å². The van der Waals surface area contributed by atoms with Crippen LogP contribution in [-0.4, -0.2) is 27.6 Å². The molecule has 0 aromatic heterocycles. The number of carboxylic acids is 1. The minimum atomic E-state index is -1.06. The molecule has 0 bridgehead atoms. The summed E-state index contributed by atoms with van der Waals surface area (Å²) in [4.78, 5) is 9.25. The van der Waals surface area contributed by atoms with Crippen LogP contribution in [0.5, 0.6) is 0 Å². The summed E-state index contributed by atoms with van der Waals surface area (Å²) in [7, 11) is 0. The fourth-order valence-electron chi connectivity index (χ4n) is 1.43. The van der Waals surface area contributed by atoms with E-state index in [0.717, 1.165) is 18.9 Å². The van der Waals surface area contributed by atoms with E-state index in [4.69, 9.17) is 15.3 Å². The van der Waals surface area contributed by atoms with Gasteiger partial charge in [-0.1, -0.05) is 25.8 Å². The third-order valence-corrected chi connectivity index (χ3v) is 2.25. The predicted octanol–water partition coefficient (Wildman–Crippen LogP) is 1.13. The Labute approximate surface area is 83.9 Å². The summed E-state index contributed by atoms with van der Waals surface area (Å²) in [5, 5.41) is 25.1. The van der Waals surface area contributed by atoms with Gasteiger partial charge in [0.15, 0.2) is 6.29 Å². The van der Waals surface area contributed by atoms with Crippen molar-refractivity contribution >= 4 is 5.97 Å². The van der Waals surface area contributed by atoms with Gasteiger partial charge in [-0.25, -0.2) is 4.79 Å². The second kappa shape index (κ2) is 7.53. The molecule has 1 rings (SSSR count). The third kappa shape index (κ3) is 6.62. The highest BCUT2D eigenvalue weighted by Crippen LogP contribution is 2.25. The fraction of sp³-hybridized carbons (Fsp3) is 0.700. The lowest BCUT2D eigenvalue weighted by atomic mass is 9.89. The van der Waals surface area contributed by atoms with Crippen LogP contribution in [0, 0.1) is 5.92 Å². The minimum Gasteiger partial charge on any atom is -0.478 e. The summed E-state index contributed by atoms with van der Waals surface area (Å²) in [5.74, 6) is -0.816. The van der Waals surface area contributed by atoms with Crippen LogP contribution in [0.15, 0.2) is 12.7 Å². The summed E-state index contributed by atoms with van der Waals surface area (Å²) in [6.45, 7) is 2.96. The Morgan fingerprint density at radius 3 is 1.93 bits per heavy atom. The molecule has 0 aromatic carbocycles. The molecule has 0 aliphatic heterocycles. The number of aliphatic hydroxyl groups excluding tert-OH is 1. The topological polar surface area (TPSA) is 77.8 Å². The van der Waals surface area contributed by atoms with E-state index in [1.807, 2.05) is 0 Å². The first-order valence-corrected chi connectivity index (χ1v) is 4.79. The lowest BCUT2D eigenvalue weighted by Gasteiger charge is -2.22. The Hall–Kier alpha value is -0.870. The van der Waals surface area contributed by atoms with Gasteiger partial charge in [-0.3, -0.25) is 0 Å². The standard InChI is InChI=1S/C7H14O2.C3H4O2/c8-7(9)6-4-2-1-3-5-6;1-2-3(4)5/h6-9H,1-5H2;2H,1H2,(H,4,5). The van der Waals surface area contributed by atoms with Crippen molar-refractivity contribution in [3.05, 3.63) is 12.7 Å². The van der Waals surface area contributed by atoms with E-state index in [1.165, 1.54) is 19.3 Å². The maximum absolute atomic E-state index is 9.25. The van der Waals surface area contributed by atoms with Crippen LogP contribution < -0.4 is 0 Å². The Morgan fingerprint density at radius 1 is 1.29 bits per heavy atom. The molecule has 3 N–H and O–H groups in total. The number of carboxylic acid groups (broad SMARTS) is 1. The maximum atomic E-state index is 9.25. The SMILES string of the molecule is C=CC(=O)O.OC(O)C1CCCCC1. The Bertz CT molecular complexity index is 171. The van der Waals surface area contributed by atoms with Crippen LogP contribution in [0.3, 0.4) is 0 Å². The Balaban J connectivity index is 0.000000292. The van der Waals surface area contributed by atoms with Gasteiger partial charge in [0.25, 0.3) is 0 Å². The monoisotopic (exact) mass is 202 g/mol. The van der Waals surface area contributed by atoms with Gasteiger partial charge in [0.1, 0.15) is 0 Å². The minimum absolute atomic E-state index is 0.166. The van der Waals surface area contributed by atoms with Crippen molar-refractivity contribution in [1.82, 2.24) is 0 Å². The van der Waals surface area contributed by atoms with Crippen LogP contribution >= 0.6 is 0 Å². The van der Waals surface area contributed by atoms with Crippen LogP contribution in [-0.2, 0) is 4.79 Å². The lowest BCUT2D eigenvalue weighted by molar-refractivity contribution is -0.131. The lowest BCUT2D eigenvalue weighted by Crippen LogP contribution is -2.21. The van der Waals surface area contributed by atoms with Gasteiger partial charge in [0.05, 0.1) is 0 Å². The van der Waals surface area contributed by atoms with Crippen molar-refractivity contribution in [2.45, 2.75) is 38.4 Å². The highest BCUT2D eigenvalue weighted by molar-refractivity contribution is 5.78. The number of hydrogen-bond donors (Lipinski definition) is 3. The van der Waals surface area contributed by atoms with E-state index in [1.54, 1.807) is 0 Å². The highest BCUT2D eigenvalue weighted by atomic mass is 16.5. The van der Waals surface area contributed by atoms with Gasteiger partial charge in [-0.05, 0) is 12.8 Å². The maximum Gasteiger partial charge on any atom is 0.327 e. The number of rotatable bonds is 2. The van der Waals surface area contributed by atoms with Crippen molar-refractivity contribution in [3.63, 3.8) is 0 Å². The molecule has 0 amide bonds. The van der Waals surface area contributed by atoms with Crippen LogP contribution in [0.2, 0.25) is 0 Å². The molecule has 0 heterocycles. The average Bonchev–Trinajstić information content (AvgIpc) is 2.20. The average molecular weight is 202 g/mol. The number of carbonyl (C=O) groups is 1. The molecular weight excluding hydrogens is 184 g/mol. The summed E-state index contributed by atoms with van der Waals surface area (Å²) < 4.78 is 0. The first kappa shape index (κ1) is 13.1. The molecule has 0 radical (unpaired) electrons. The van der Waals surface area contributed by atoms with Gasteiger partial charge < -0.3 is 15.3 Å². The molecule has 1 aliphatic carbocycles. The molecule has 0 saturated heterocycles. The van der Waals surface area contributed by atoms with Gasteiger partial charge in [-0.2, -0.15) is 0 Å². The number of aliphatic hydroxyl groups is 2. The second-order valence-corrected chi connectivity index (χ2v) is 3.35. The van der Waals surface area contributed by atoms with E-state index >= 15 is 0 Å².